The molecule has 2 aromatic rings. The number of hydrogen-bond donors (Lipinski definition) is 0. The topological polar surface area (TPSA) is 53.0 Å². The summed E-state index contributed by atoms with van der Waals surface area (Å²) in [5, 5.41) is 10.4. The molecule has 0 bridgehead atoms. The Morgan fingerprint density at radius 1 is 1.33 bits per heavy atom. The smallest absolute Gasteiger partial charge is 0.260 e. The summed E-state index contributed by atoms with van der Waals surface area (Å²) in [7, 11) is 0. The van der Waals surface area contributed by atoms with Crippen LogP contribution in [0.4, 0.5) is 5.69 Å². The van der Waals surface area contributed by atoms with Crippen LogP contribution in [-0.4, -0.2) is 14.3 Å². The standard InChI is InChI=1S/C7H5N3O2/c11-10(12)5-1-2-6-7(3-5)9-4-8(6)9/h1-3H,4H2. The Bertz CT molecular complexity index is 494. The number of fused-ring (bicyclic) bond motifs is 4. The van der Waals surface area contributed by atoms with Crippen molar-refractivity contribution in [2.75, 3.05) is 0 Å². The molecular formula is C7H5N3O2. The van der Waals surface area contributed by atoms with E-state index in [2.05, 4.69) is 4.68 Å². The van der Waals surface area contributed by atoms with Crippen molar-refractivity contribution in [1.29, 1.82) is 0 Å². The molecular weight excluding hydrogens is 158 g/mol. The first-order valence-electron chi connectivity index (χ1n) is 3.61. The summed E-state index contributed by atoms with van der Waals surface area (Å²) >= 11 is 0. The van der Waals surface area contributed by atoms with E-state index < -0.39 is 0 Å². The Balaban J connectivity index is 2.27. The van der Waals surface area contributed by atoms with Crippen LogP contribution >= 0.6 is 0 Å². The number of hydrogen-bond acceptors (Lipinski definition) is 2. The zero-order chi connectivity index (χ0) is 8.29. The Morgan fingerprint density at radius 2 is 2.08 bits per heavy atom. The Labute approximate surface area is 66.9 Å². The summed E-state index contributed by atoms with van der Waals surface area (Å²) < 4.78 is 4.04. The van der Waals surface area contributed by atoms with Crippen LogP contribution in [0.3, 0.4) is 0 Å². The van der Waals surface area contributed by atoms with Gasteiger partial charge in [0.25, 0.3) is 5.69 Å². The Morgan fingerprint density at radius 3 is 2.83 bits per heavy atom. The molecule has 1 aliphatic rings. The molecule has 60 valence electrons. The van der Waals surface area contributed by atoms with Crippen molar-refractivity contribution in [3.05, 3.63) is 28.3 Å². The summed E-state index contributed by atoms with van der Waals surface area (Å²) in [5.74, 6) is 0. The SMILES string of the molecule is O=[N+]([O-])c1ccc2c(c1)n1n2C1. The number of aromatic nitrogens is 2. The largest absolute Gasteiger partial charge is 0.271 e. The third kappa shape index (κ3) is 0.502. The van der Waals surface area contributed by atoms with Gasteiger partial charge in [0, 0.05) is 12.1 Å². The minimum absolute atomic E-state index is 0.167. The fourth-order valence-corrected chi connectivity index (χ4v) is 1.52. The molecule has 1 aromatic heterocycles. The van der Waals surface area contributed by atoms with Gasteiger partial charge in [0.05, 0.1) is 16.0 Å². The van der Waals surface area contributed by atoms with Crippen LogP contribution in [0.2, 0.25) is 0 Å². The quantitative estimate of drug-likeness (QED) is 0.399. The molecule has 2 heterocycles. The van der Waals surface area contributed by atoms with Gasteiger partial charge in [-0.25, -0.2) is 0 Å². The van der Waals surface area contributed by atoms with Gasteiger partial charge in [0.1, 0.15) is 6.67 Å². The van der Waals surface area contributed by atoms with E-state index in [0.717, 1.165) is 17.7 Å². The van der Waals surface area contributed by atoms with E-state index in [1.807, 2.05) is 4.68 Å². The predicted molar refractivity (Wildman–Crippen MR) is 42.0 cm³/mol. The molecule has 5 nitrogen and oxygen atoms in total. The van der Waals surface area contributed by atoms with Crippen molar-refractivity contribution < 1.29 is 4.92 Å². The molecule has 3 rings (SSSR count). The maximum atomic E-state index is 10.4. The summed E-state index contributed by atoms with van der Waals surface area (Å²) in [5.41, 5.74) is 2.24. The number of nitro benzene ring substituents is 1. The molecule has 0 N–H and O–H groups in total. The van der Waals surface area contributed by atoms with E-state index in [0.29, 0.717) is 0 Å². The lowest BCUT2D eigenvalue weighted by atomic mass is 10.2. The lowest BCUT2D eigenvalue weighted by Crippen LogP contribution is -1.93. The van der Waals surface area contributed by atoms with Gasteiger partial charge in [-0.1, -0.05) is 0 Å². The van der Waals surface area contributed by atoms with Gasteiger partial charge < -0.3 is 0 Å². The highest BCUT2D eigenvalue weighted by Gasteiger charge is 2.25. The minimum atomic E-state index is -0.369. The van der Waals surface area contributed by atoms with Crippen molar-refractivity contribution in [3.8, 4) is 0 Å². The van der Waals surface area contributed by atoms with Gasteiger partial charge in [-0.2, -0.15) is 0 Å². The monoisotopic (exact) mass is 163 g/mol. The van der Waals surface area contributed by atoms with Crippen LogP contribution in [-0.2, 0) is 6.67 Å². The molecule has 0 radical (unpaired) electrons. The van der Waals surface area contributed by atoms with E-state index in [9.17, 15) is 10.1 Å². The van der Waals surface area contributed by atoms with Crippen LogP contribution in [0.25, 0.3) is 11.0 Å². The first-order chi connectivity index (χ1) is 5.77. The molecule has 0 saturated carbocycles. The highest BCUT2D eigenvalue weighted by molar-refractivity contribution is 5.83. The molecule has 0 unspecified atom stereocenters. The summed E-state index contributed by atoms with van der Waals surface area (Å²) in [6, 6.07) is 4.93. The summed E-state index contributed by atoms with van der Waals surface area (Å²) in [6.07, 6.45) is 0. The maximum Gasteiger partial charge on any atom is 0.271 e. The number of rotatable bonds is 1. The lowest BCUT2D eigenvalue weighted by molar-refractivity contribution is -0.384. The number of nitro groups is 1. The second-order valence-corrected chi connectivity index (χ2v) is 2.87. The normalized spacial score (nSPS) is 13.3. The molecule has 0 fully saturated rings. The molecule has 0 saturated heterocycles. The maximum absolute atomic E-state index is 10.4. The molecule has 0 atom stereocenters. The molecule has 12 heavy (non-hydrogen) atoms. The van der Waals surface area contributed by atoms with Crippen molar-refractivity contribution in [2.24, 2.45) is 0 Å². The van der Waals surface area contributed by atoms with Crippen molar-refractivity contribution in [3.63, 3.8) is 0 Å². The third-order valence-electron chi connectivity index (χ3n) is 2.20. The molecule has 1 aliphatic heterocycles. The predicted octanol–water partition coefficient (Wildman–Crippen LogP) is 1.17. The summed E-state index contributed by atoms with van der Waals surface area (Å²) in [4.78, 5) is 10.0. The fourth-order valence-electron chi connectivity index (χ4n) is 1.52. The Hall–Kier alpha value is -1.78. The highest BCUT2D eigenvalue weighted by Crippen LogP contribution is 2.31. The van der Waals surface area contributed by atoms with E-state index in [1.165, 1.54) is 6.07 Å². The van der Waals surface area contributed by atoms with Gasteiger partial charge in [0.15, 0.2) is 0 Å². The van der Waals surface area contributed by atoms with Gasteiger partial charge in [-0.05, 0) is 6.07 Å². The van der Waals surface area contributed by atoms with Crippen molar-refractivity contribution in [2.45, 2.75) is 6.67 Å². The van der Waals surface area contributed by atoms with E-state index >= 15 is 0 Å². The zero-order valence-electron chi connectivity index (χ0n) is 6.10. The van der Waals surface area contributed by atoms with Crippen LogP contribution in [0.1, 0.15) is 0 Å². The van der Waals surface area contributed by atoms with Gasteiger partial charge in [0.2, 0.25) is 0 Å². The van der Waals surface area contributed by atoms with Gasteiger partial charge >= 0.3 is 0 Å². The van der Waals surface area contributed by atoms with Crippen LogP contribution in [0.15, 0.2) is 18.2 Å². The van der Waals surface area contributed by atoms with Crippen molar-refractivity contribution in [1.82, 2.24) is 9.36 Å². The zero-order valence-corrected chi connectivity index (χ0v) is 6.10. The average molecular weight is 163 g/mol. The molecule has 0 aliphatic carbocycles. The average Bonchev–Trinajstić information content (AvgIpc) is 2.74. The van der Waals surface area contributed by atoms with Crippen molar-refractivity contribution >= 4 is 16.7 Å². The summed E-state index contributed by atoms with van der Waals surface area (Å²) in [6.45, 7) is 0.885. The second-order valence-electron chi connectivity index (χ2n) is 2.87. The molecule has 0 spiro atoms. The number of nitrogens with zero attached hydrogens (tertiary/aromatic N) is 3. The van der Waals surface area contributed by atoms with E-state index in [1.54, 1.807) is 12.1 Å². The fraction of sp³-hybridized carbons (Fsp3) is 0.143. The van der Waals surface area contributed by atoms with Crippen LogP contribution in [0, 0.1) is 10.1 Å². The first kappa shape index (κ1) is 5.82. The van der Waals surface area contributed by atoms with E-state index in [4.69, 9.17) is 0 Å². The lowest BCUT2D eigenvalue weighted by Gasteiger charge is -1.99. The molecule has 5 heteroatoms. The second kappa shape index (κ2) is 1.52. The van der Waals surface area contributed by atoms with Crippen LogP contribution < -0.4 is 0 Å². The molecule has 1 aromatic carbocycles. The third-order valence-corrected chi connectivity index (χ3v) is 2.20. The van der Waals surface area contributed by atoms with Gasteiger partial charge in [-0.3, -0.25) is 19.5 Å². The Kier molecular flexibility index (Phi) is 0.739. The number of non-ortho nitro benzene ring substituents is 1. The van der Waals surface area contributed by atoms with Crippen LogP contribution in [0.5, 0.6) is 0 Å². The van der Waals surface area contributed by atoms with Gasteiger partial charge in [-0.15, -0.1) is 0 Å². The highest BCUT2D eigenvalue weighted by atomic mass is 16.6. The first-order valence-corrected chi connectivity index (χ1v) is 3.61. The minimum Gasteiger partial charge on any atom is -0.260 e. The number of benzene rings is 1. The van der Waals surface area contributed by atoms with E-state index in [-0.39, 0.29) is 10.6 Å². The molecule has 0 amide bonds.